The molecule has 0 spiro atoms. The van der Waals surface area contributed by atoms with Gasteiger partial charge in [0.25, 0.3) is 5.91 Å². The molecule has 2 N–H and O–H groups in total. The maximum absolute atomic E-state index is 12.4. The number of benzene rings is 1. The van der Waals surface area contributed by atoms with E-state index in [1.54, 1.807) is 6.07 Å². The van der Waals surface area contributed by atoms with Crippen molar-refractivity contribution >= 4 is 5.91 Å². The van der Waals surface area contributed by atoms with Crippen LogP contribution in [0.5, 0.6) is 11.5 Å². The standard InChI is InChI=1S/C15H21NO3/c1-10(2)7-8-16(12-4-5-12)15(19)11-3-6-13(17)14(18)9-11/h3,6,9-10,12,17-18H,4-5,7-8H2,1-2H3. The molecule has 1 aromatic rings. The molecule has 0 aromatic heterocycles. The van der Waals surface area contributed by atoms with Crippen molar-refractivity contribution in [2.45, 2.75) is 39.2 Å². The molecule has 0 bridgehead atoms. The van der Waals surface area contributed by atoms with E-state index >= 15 is 0 Å². The van der Waals surface area contributed by atoms with Crippen molar-refractivity contribution in [2.24, 2.45) is 5.92 Å². The fraction of sp³-hybridized carbons (Fsp3) is 0.533. The maximum Gasteiger partial charge on any atom is 0.254 e. The third-order valence-corrected chi connectivity index (χ3v) is 3.42. The van der Waals surface area contributed by atoms with Gasteiger partial charge in [0.1, 0.15) is 0 Å². The first kappa shape index (κ1) is 13.7. The van der Waals surface area contributed by atoms with E-state index in [4.69, 9.17) is 0 Å². The number of rotatable bonds is 5. The molecular weight excluding hydrogens is 242 g/mol. The Bertz CT molecular complexity index is 466. The topological polar surface area (TPSA) is 60.8 Å². The molecule has 1 aromatic carbocycles. The Labute approximate surface area is 113 Å². The minimum Gasteiger partial charge on any atom is -0.504 e. The summed E-state index contributed by atoms with van der Waals surface area (Å²) in [6.07, 6.45) is 3.11. The number of carbonyl (C=O) groups is 1. The average molecular weight is 263 g/mol. The van der Waals surface area contributed by atoms with Gasteiger partial charge in [0, 0.05) is 18.2 Å². The van der Waals surface area contributed by atoms with Crippen LogP contribution in [-0.4, -0.2) is 33.6 Å². The van der Waals surface area contributed by atoms with Gasteiger partial charge in [0.05, 0.1) is 0 Å². The lowest BCUT2D eigenvalue weighted by atomic mass is 10.1. The van der Waals surface area contributed by atoms with Crippen molar-refractivity contribution in [3.05, 3.63) is 23.8 Å². The molecule has 1 saturated carbocycles. The molecule has 19 heavy (non-hydrogen) atoms. The Morgan fingerprint density at radius 1 is 1.32 bits per heavy atom. The number of nitrogens with zero attached hydrogens (tertiary/aromatic N) is 1. The normalized spacial score (nSPS) is 14.7. The second-order valence-electron chi connectivity index (χ2n) is 5.62. The molecule has 0 saturated heterocycles. The number of amides is 1. The highest BCUT2D eigenvalue weighted by atomic mass is 16.3. The molecule has 0 heterocycles. The van der Waals surface area contributed by atoms with Crippen LogP contribution in [0, 0.1) is 5.92 Å². The Hall–Kier alpha value is -1.71. The van der Waals surface area contributed by atoms with Crippen LogP contribution in [0.4, 0.5) is 0 Å². The Balaban J connectivity index is 2.12. The summed E-state index contributed by atoms with van der Waals surface area (Å²) < 4.78 is 0. The van der Waals surface area contributed by atoms with Gasteiger partial charge in [0.2, 0.25) is 0 Å². The monoisotopic (exact) mass is 263 g/mol. The molecule has 4 heteroatoms. The van der Waals surface area contributed by atoms with Gasteiger partial charge in [-0.2, -0.15) is 0 Å². The first-order chi connectivity index (χ1) is 8.99. The van der Waals surface area contributed by atoms with E-state index in [1.807, 2.05) is 4.90 Å². The lowest BCUT2D eigenvalue weighted by Gasteiger charge is -2.23. The van der Waals surface area contributed by atoms with Crippen molar-refractivity contribution in [1.82, 2.24) is 4.90 Å². The molecule has 1 amide bonds. The fourth-order valence-corrected chi connectivity index (χ4v) is 2.06. The molecule has 0 radical (unpaired) electrons. The summed E-state index contributed by atoms with van der Waals surface area (Å²) in [5.41, 5.74) is 0.436. The molecule has 0 unspecified atom stereocenters. The van der Waals surface area contributed by atoms with Crippen LogP contribution in [0.1, 0.15) is 43.5 Å². The third kappa shape index (κ3) is 3.40. The van der Waals surface area contributed by atoms with Gasteiger partial charge in [0.15, 0.2) is 11.5 Å². The molecule has 0 atom stereocenters. The lowest BCUT2D eigenvalue weighted by Crippen LogP contribution is -2.34. The zero-order valence-electron chi connectivity index (χ0n) is 11.5. The zero-order valence-corrected chi connectivity index (χ0v) is 11.5. The van der Waals surface area contributed by atoms with Gasteiger partial charge in [-0.1, -0.05) is 13.8 Å². The van der Waals surface area contributed by atoms with Gasteiger partial charge in [-0.15, -0.1) is 0 Å². The lowest BCUT2D eigenvalue weighted by molar-refractivity contribution is 0.0735. The van der Waals surface area contributed by atoms with Crippen LogP contribution in [0.15, 0.2) is 18.2 Å². The van der Waals surface area contributed by atoms with Crippen LogP contribution in [0.3, 0.4) is 0 Å². The Morgan fingerprint density at radius 3 is 2.53 bits per heavy atom. The Kier molecular flexibility index (Phi) is 3.98. The van der Waals surface area contributed by atoms with Gasteiger partial charge >= 0.3 is 0 Å². The molecule has 104 valence electrons. The van der Waals surface area contributed by atoms with Crippen LogP contribution >= 0.6 is 0 Å². The molecule has 0 aliphatic heterocycles. The van der Waals surface area contributed by atoms with Crippen LogP contribution in [-0.2, 0) is 0 Å². The highest BCUT2D eigenvalue weighted by molar-refractivity contribution is 5.95. The quantitative estimate of drug-likeness (QED) is 0.803. The molecule has 1 aliphatic carbocycles. The van der Waals surface area contributed by atoms with E-state index in [0.29, 0.717) is 17.5 Å². The molecular formula is C15H21NO3. The second-order valence-corrected chi connectivity index (χ2v) is 5.62. The van der Waals surface area contributed by atoms with Crippen molar-refractivity contribution in [2.75, 3.05) is 6.54 Å². The maximum atomic E-state index is 12.4. The number of aromatic hydroxyl groups is 2. The van der Waals surface area contributed by atoms with Crippen LogP contribution < -0.4 is 0 Å². The number of carbonyl (C=O) groups excluding carboxylic acids is 1. The molecule has 4 nitrogen and oxygen atoms in total. The molecule has 2 rings (SSSR count). The van der Waals surface area contributed by atoms with E-state index < -0.39 is 0 Å². The van der Waals surface area contributed by atoms with Gasteiger partial charge in [-0.25, -0.2) is 0 Å². The smallest absolute Gasteiger partial charge is 0.254 e. The predicted molar refractivity (Wildman–Crippen MR) is 73.3 cm³/mol. The van der Waals surface area contributed by atoms with E-state index in [-0.39, 0.29) is 17.4 Å². The summed E-state index contributed by atoms with van der Waals surface area (Å²) >= 11 is 0. The van der Waals surface area contributed by atoms with Crippen LogP contribution in [0.25, 0.3) is 0 Å². The van der Waals surface area contributed by atoms with Crippen LogP contribution in [0.2, 0.25) is 0 Å². The van der Waals surface area contributed by atoms with Crippen molar-refractivity contribution in [1.29, 1.82) is 0 Å². The molecule has 1 fully saturated rings. The zero-order chi connectivity index (χ0) is 14.0. The SMILES string of the molecule is CC(C)CCN(C(=O)c1ccc(O)c(O)c1)C1CC1. The van der Waals surface area contributed by atoms with E-state index in [9.17, 15) is 15.0 Å². The third-order valence-electron chi connectivity index (χ3n) is 3.42. The summed E-state index contributed by atoms with van der Waals surface area (Å²) in [5.74, 6) is 0.0582. The number of hydrogen-bond acceptors (Lipinski definition) is 3. The minimum atomic E-state index is -0.245. The summed E-state index contributed by atoms with van der Waals surface area (Å²) in [6, 6.07) is 4.60. The second kappa shape index (κ2) is 5.51. The summed E-state index contributed by atoms with van der Waals surface area (Å²) in [6.45, 7) is 5.03. The number of phenols is 2. The average Bonchev–Trinajstić information content (AvgIpc) is 3.16. The van der Waals surface area contributed by atoms with E-state index in [1.165, 1.54) is 12.1 Å². The van der Waals surface area contributed by atoms with Crippen molar-refractivity contribution < 1.29 is 15.0 Å². The summed E-state index contributed by atoms with van der Waals surface area (Å²) in [7, 11) is 0. The first-order valence-corrected chi connectivity index (χ1v) is 6.82. The fourth-order valence-electron chi connectivity index (χ4n) is 2.06. The highest BCUT2D eigenvalue weighted by Gasteiger charge is 2.32. The summed E-state index contributed by atoms with van der Waals surface area (Å²) in [5, 5.41) is 18.8. The minimum absolute atomic E-state index is 0.0570. The van der Waals surface area contributed by atoms with Crippen molar-refractivity contribution in [3.8, 4) is 11.5 Å². The van der Waals surface area contributed by atoms with E-state index in [2.05, 4.69) is 13.8 Å². The largest absolute Gasteiger partial charge is 0.504 e. The Morgan fingerprint density at radius 2 is 2.00 bits per heavy atom. The number of hydrogen-bond donors (Lipinski definition) is 2. The molecule has 1 aliphatic rings. The highest BCUT2D eigenvalue weighted by Crippen LogP contribution is 2.31. The van der Waals surface area contributed by atoms with Gasteiger partial charge in [-0.3, -0.25) is 4.79 Å². The van der Waals surface area contributed by atoms with Crippen molar-refractivity contribution in [3.63, 3.8) is 0 Å². The first-order valence-electron chi connectivity index (χ1n) is 6.82. The number of phenolic OH excluding ortho intramolecular Hbond substituents is 2. The summed E-state index contributed by atoms with van der Waals surface area (Å²) in [4.78, 5) is 14.3. The van der Waals surface area contributed by atoms with E-state index in [0.717, 1.165) is 25.8 Å². The predicted octanol–water partition coefficient (Wildman–Crippen LogP) is 2.75. The van der Waals surface area contributed by atoms with Gasteiger partial charge < -0.3 is 15.1 Å². The van der Waals surface area contributed by atoms with Gasteiger partial charge in [-0.05, 0) is 43.4 Å².